The molecule has 2 rings (SSSR count). The molecule has 1 amide bonds. The number of hydrogen-bond donors (Lipinski definition) is 1. The van der Waals surface area contributed by atoms with E-state index in [2.05, 4.69) is 5.32 Å². The Morgan fingerprint density at radius 2 is 1.64 bits per heavy atom. The highest BCUT2D eigenvalue weighted by Gasteiger charge is 2.23. The van der Waals surface area contributed by atoms with Gasteiger partial charge in [0.1, 0.15) is 6.04 Å². The Balaban J connectivity index is 2.16. The van der Waals surface area contributed by atoms with Crippen molar-refractivity contribution in [1.82, 2.24) is 5.32 Å². The maximum absolute atomic E-state index is 12.4. The number of aldehydes is 1. The standard InChI is InChI=1S/C20H19NO4/c1-25-20(24)18(13-16-10-6-3-7-11-16)21-19(23)17(14-22)12-15-8-4-2-5-9-15/h2-12,14,18H,13H2,1H3,(H,21,23). The van der Waals surface area contributed by atoms with E-state index in [0.717, 1.165) is 11.1 Å². The molecule has 1 N–H and O–H groups in total. The molecule has 1 unspecified atom stereocenters. The van der Waals surface area contributed by atoms with Crippen LogP contribution in [0, 0.1) is 0 Å². The van der Waals surface area contributed by atoms with E-state index in [-0.39, 0.29) is 12.0 Å². The number of carbonyl (C=O) groups excluding carboxylic acids is 3. The minimum atomic E-state index is -0.876. The summed E-state index contributed by atoms with van der Waals surface area (Å²) < 4.78 is 4.76. The van der Waals surface area contributed by atoms with E-state index in [0.29, 0.717) is 6.29 Å². The third-order valence-electron chi connectivity index (χ3n) is 3.58. The van der Waals surface area contributed by atoms with Crippen molar-refractivity contribution in [1.29, 1.82) is 0 Å². The molecule has 0 aliphatic carbocycles. The molecule has 5 heteroatoms. The van der Waals surface area contributed by atoms with E-state index in [1.807, 2.05) is 36.4 Å². The molecule has 0 bridgehead atoms. The zero-order chi connectivity index (χ0) is 18.1. The monoisotopic (exact) mass is 337 g/mol. The Morgan fingerprint density at radius 3 is 2.20 bits per heavy atom. The topological polar surface area (TPSA) is 72.5 Å². The van der Waals surface area contributed by atoms with Crippen LogP contribution in [0.3, 0.4) is 0 Å². The highest BCUT2D eigenvalue weighted by atomic mass is 16.5. The predicted octanol–water partition coefficient (Wildman–Crippen LogP) is 2.17. The summed E-state index contributed by atoms with van der Waals surface area (Å²) in [7, 11) is 1.26. The Hall–Kier alpha value is -3.21. The molecule has 2 aromatic carbocycles. The van der Waals surface area contributed by atoms with Crippen LogP contribution in [0.2, 0.25) is 0 Å². The number of esters is 1. The maximum atomic E-state index is 12.4. The van der Waals surface area contributed by atoms with Gasteiger partial charge in [-0.1, -0.05) is 60.7 Å². The summed E-state index contributed by atoms with van der Waals surface area (Å²) in [6.07, 6.45) is 2.22. The van der Waals surface area contributed by atoms with E-state index in [4.69, 9.17) is 4.74 Å². The number of hydrogen-bond acceptors (Lipinski definition) is 4. The van der Waals surface area contributed by atoms with Gasteiger partial charge in [-0.05, 0) is 17.2 Å². The number of nitrogens with one attached hydrogen (secondary N) is 1. The lowest BCUT2D eigenvalue weighted by molar-refractivity contribution is -0.144. The average molecular weight is 337 g/mol. The van der Waals surface area contributed by atoms with Gasteiger partial charge in [0.05, 0.1) is 12.7 Å². The Kier molecular flexibility index (Phi) is 6.65. The average Bonchev–Trinajstić information content (AvgIpc) is 2.66. The lowest BCUT2D eigenvalue weighted by Gasteiger charge is -2.16. The van der Waals surface area contributed by atoms with Crippen LogP contribution < -0.4 is 5.32 Å². The van der Waals surface area contributed by atoms with Crippen molar-refractivity contribution in [2.24, 2.45) is 0 Å². The summed E-state index contributed by atoms with van der Waals surface area (Å²) in [6, 6.07) is 17.4. The van der Waals surface area contributed by atoms with E-state index >= 15 is 0 Å². The third-order valence-corrected chi connectivity index (χ3v) is 3.58. The maximum Gasteiger partial charge on any atom is 0.328 e. The lowest BCUT2D eigenvalue weighted by atomic mass is 10.1. The molecule has 0 saturated carbocycles. The van der Waals surface area contributed by atoms with Crippen LogP contribution in [0.25, 0.3) is 6.08 Å². The molecule has 0 aliphatic heterocycles. The number of amides is 1. The molecule has 0 aliphatic rings. The van der Waals surface area contributed by atoms with Crippen LogP contribution in [0.1, 0.15) is 11.1 Å². The van der Waals surface area contributed by atoms with Crippen molar-refractivity contribution in [2.45, 2.75) is 12.5 Å². The summed E-state index contributed by atoms with van der Waals surface area (Å²) in [5.74, 6) is -1.19. The predicted molar refractivity (Wildman–Crippen MR) is 94.6 cm³/mol. The van der Waals surface area contributed by atoms with Crippen LogP contribution in [-0.4, -0.2) is 31.3 Å². The largest absolute Gasteiger partial charge is 0.467 e. The first-order valence-corrected chi connectivity index (χ1v) is 7.78. The summed E-state index contributed by atoms with van der Waals surface area (Å²) in [4.78, 5) is 35.6. The van der Waals surface area contributed by atoms with Gasteiger partial charge in [0.2, 0.25) is 0 Å². The van der Waals surface area contributed by atoms with E-state index in [1.165, 1.54) is 13.2 Å². The van der Waals surface area contributed by atoms with Gasteiger partial charge < -0.3 is 10.1 Å². The molecule has 0 heterocycles. The van der Waals surface area contributed by atoms with Gasteiger partial charge in [-0.3, -0.25) is 9.59 Å². The second kappa shape index (κ2) is 9.17. The van der Waals surface area contributed by atoms with E-state index in [9.17, 15) is 14.4 Å². The molecule has 0 fully saturated rings. The van der Waals surface area contributed by atoms with Gasteiger partial charge in [0.25, 0.3) is 5.91 Å². The van der Waals surface area contributed by atoms with Gasteiger partial charge in [-0.2, -0.15) is 0 Å². The van der Waals surface area contributed by atoms with Crippen molar-refractivity contribution in [3.05, 3.63) is 77.4 Å². The summed E-state index contributed by atoms with van der Waals surface area (Å²) in [5.41, 5.74) is 1.53. The summed E-state index contributed by atoms with van der Waals surface area (Å²) >= 11 is 0. The van der Waals surface area contributed by atoms with Gasteiger partial charge in [0.15, 0.2) is 6.29 Å². The Labute approximate surface area is 146 Å². The fourth-order valence-corrected chi connectivity index (χ4v) is 2.31. The van der Waals surface area contributed by atoms with E-state index < -0.39 is 17.9 Å². The molecule has 0 spiro atoms. The molecular formula is C20H19NO4. The molecule has 2 aromatic rings. The quantitative estimate of drug-likeness (QED) is 0.276. The zero-order valence-corrected chi connectivity index (χ0v) is 13.8. The number of benzene rings is 2. The highest BCUT2D eigenvalue weighted by Crippen LogP contribution is 2.08. The van der Waals surface area contributed by atoms with Gasteiger partial charge >= 0.3 is 5.97 Å². The second-order valence-electron chi connectivity index (χ2n) is 5.37. The third kappa shape index (κ3) is 5.42. The lowest BCUT2D eigenvalue weighted by Crippen LogP contribution is -2.43. The van der Waals surface area contributed by atoms with Crippen LogP contribution in [-0.2, 0) is 25.5 Å². The van der Waals surface area contributed by atoms with Crippen LogP contribution >= 0.6 is 0 Å². The molecule has 128 valence electrons. The van der Waals surface area contributed by atoms with Crippen molar-refractivity contribution in [3.8, 4) is 0 Å². The fourth-order valence-electron chi connectivity index (χ4n) is 2.31. The molecule has 1 atom stereocenters. The summed E-state index contributed by atoms with van der Waals surface area (Å²) in [5, 5.41) is 2.57. The number of methoxy groups -OCH3 is 1. The molecule has 5 nitrogen and oxygen atoms in total. The zero-order valence-electron chi connectivity index (χ0n) is 13.8. The van der Waals surface area contributed by atoms with Crippen molar-refractivity contribution in [2.75, 3.05) is 7.11 Å². The van der Waals surface area contributed by atoms with Gasteiger partial charge in [-0.25, -0.2) is 4.79 Å². The van der Waals surface area contributed by atoms with Gasteiger partial charge in [-0.15, -0.1) is 0 Å². The fraction of sp³-hybridized carbons (Fsp3) is 0.150. The van der Waals surface area contributed by atoms with Crippen LogP contribution in [0.15, 0.2) is 66.2 Å². The smallest absolute Gasteiger partial charge is 0.328 e. The second-order valence-corrected chi connectivity index (χ2v) is 5.37. The Bertz CT molecular complexity index is 754. The molecule has 0 saturated heterocycles. The van der Waals surface area contributed by atoms with E-state index in [1.54, 1.807) is 24.3 Å². The molecular weight excluding hydrogens is 318 g/mol. The molecule has 0 radical (unpaired) electrons. The minimum Gasteiger partial charge on any atom is -0.467 e. The normalized spacial score (nSPS) is 12.1. The minimum absolute atomic E-state index is 0.0619. The van der Waals surface area contributed by atoms with Crippen molar-refractivity contribution < 1.29 is 19.1 Å². The van der Waals surface area contributed by atoms with Crippen molar-refractivity contribution >= 4 is 24.2 Å². The highest BCUT2D eigenvalue weighted by molar-refractivity contribution is 6.15. The first-order chi connectivity index (χ1) is 12.1. The summed E-state index contributed by atoms with van der Waals surface area (Å²) in [6.45, 7) is 0. The number of ether oxygens (including phenoxy) is 1. The molecule has 25 heavy (non-hydrogen) atoms. The van der Waals surface area contributed by atoms with Crippen LogP contribution in [0.4, 0.5) is 0 Å². The first kappa shape index (κ1) is 18.1. The van der Waals surface area contributed by atoms with Crippen LogP contribution in [0.5, 0.6) is 0 Å². The van der Waals surface area contributed by atoms with Gasteiger partial charge in [0, 0.05) is 6.42 Å². The van der Waals surface area contributed by atoms with Crippen molar-refractivity contribution in [3.63, 3.8) is 0 Å². The molecule has 0 aromatic heterocycles. The number of carbonyl (C=O) groups is 3. The Morgan fingerprint density at radius 1 is 1.04 bits per heavy atom. The number of rotatable bonds is 7. The first-order valence-electron chi connectivity index (χ1n) is 7.78. The SMILES string of the molecule is COC(=O)C(Cc1ccccc1)NC(=O)C(C=O)=Cc1ccccc1.